The number of aromatic amines is 1. The van der Waals surface area contributed by atoms with Crippen molar-refractivity contribution in [2.45, 2.75) is 39.0 Å². The van der Waals surface area contributed by atoms with E-state index in [-0.39, 0.29) is 0 Å². The topological polar surface area (TPSA) is 82.7 Å². The molecule has 0 spiro atoms. The van der Waals surface area contributed by atoms with Gasteiger partial charge in [-0.1, -0.05) is 79.7 Å². The van der Waals surface area contributed by atoms with Crippen LogP contribution in [0.15, 0.2) is 95.8 Å². The first-order valence-corrected chi connectivity index (χ1v) is 14.9. The molecule has 1 aliphatic rings. The first-order chi connectivity index (χ1) is 21.6. The van der Waals surface area contributed by atoms with Crippen LogP contribution in [0.3, 0.4) is 0 Å². The number of alkyl halides is 3. The third-order valence-corrected chi connectivity index (χ3v) is 7.96. The molecule has 2 heterocycles. The van der Waals surface area contributed by atoms with Crippen LogP contribution in [0, 0.1) is 5.92 Å². The summed E-state index contributed by atoms with van der Waals surface area (Å²) in [6.45, 7) is 6.30. The van der Waals surface area contributed by atoms with E-state index >= 15 is 0 Å². The molecule has 7 nitrogen and oxygen atoms in total. The first kappa shape index (κ1) is 31.7. The van der Waals surface area contributed by atoms with Crippen molar-refractivity contribution in [3.8, 4) is 11.3 Å². The summed E-state index contributed by atoms with van der Waals surface area (Å²) in [6.07, 6.45) is -3.92. The van der Waals surface area contributed by atoms with Gasteiger partial charge < -0.3 is 14.6 Å². The maximum Gasteiger partial charge on any atom is 0.491 e. The number of halogens is 3. The van der Waals surface area contributed by atoms with Gasteiger partial charge in [-0.2, -0.15) is 13.2 Å². The summed E-state index contributed by atoms with van der Waals surface area (Å²) >= 11 is 0. The maximum atomic E-state index is 12.6. The zero-order valence-electron chi connectivity index (χ0n) is 24.8. The minimum absolute atomic E-state index is 0.373. The average molecular weight is 618 g/mol. The van der Waals surface area contributed by atoms with E-state index in [1.807, 2.05) is 36.4 Å². The molecule has 1 aliphatic heterocycles. The van der Waals surface area contributed by atoms with Crippen molar-refractivity contribution in [3.05, 3.63) is 124 Å². The highest BCUT2D eigenvalue weighted by atomic mass is 19.4. The van der Waals surface area contributed by atoms with Crippen LogP contribution < -0.4 is 10.5 Å². The molecule has 3 aromatic carbocycles. The van der Waals surface area contributed by atoms with Gasteiger partial charge in [0.15, 0.2) is 0 Å². The molecule has 1 N–H and O–H groups in total. The van der Waals surface area contributed by atoms with Gasteiger partial charge in [0.05, 0.1) is 5.69 Å². The Labute approximate surface area is 259 Å². The molecule has 1 unspecified atom stereocenters. The second-order valence-corrected chi connectivity index (χ2v) is 11.2. The largest absolute Gasteiger partial charge is 0.491 e. The molecule has 0 aliphatic carbocycles. The minimum atomic E-state index is -5.35. The summed E-state index contributed by atoms with van der Waals surface area (Å²) in [5, 5.41) is 0. The van der Waals surface area contributed by atoms with Crippen LogP contribution in [0.1, 0.15) is 40.4 Å². The number of pyridine rings is 1. The number of carbonyl (C=O) groups excluding carboxylic acids is 2. The summed E-state index contributed by atoms with van der Waals surface area (Å²) in [7, 11) is 0. The molecule has 45 heavy (non-hydrogen) atoms. The number of nitrogens with one attached hydrogen (secondary N) is 1. The van der Waals surface area contributed by atoms with Crippen LogP contribution in [-0.4, -0.2) is 47.6 Å². The van der Waals surface area contributed by atoms with Gasteiger partial charge in [0.25, 0.3) is 5.56 Å². The number of rotatable bonds is 10. The Morgan fingerprint density at radius 1 is 0.933 bits per heavy atom. The van der Waals surface area contributed by atoms with E-state index in [4.69, 9.17) is 0 Å². The number of esters is 2. The SMILES string of the molecule is CCc1cc(C(=O)OC(=O)C(F)(F)F)c(=O)[nH]c1-c1ccc(N2CCC(CN(Cc3ccccc3)Cc3ccccc3)C2)cc1. The summed E-state index contributed by atoms with van der Waals surface area (Å²) in [5.74, 6) is -3.84. The van der Waals surface area contributed by atoms with Gasteiger partial charge in [-0.25, -0.2) is 9.59 Å². The Hall–Kier alpha value is -4.70. The Morgan fingerprint density at radius 2 is 1.53 bits per heavy atom. The first-order valence-electron chi connectivity index (χ1n) is 14.9. The molecule has 0 radical (unpaired) electrons. The van der Waals surface area contributed by atoms with Crippen molar-refractivity contribution >= 4 is 17.6 Å². The third-order valence-electron chi connectivity index (χ3n) is 7.96. The molecule has 234 valence electrons. The van der Waals surface area contributed by atoms with Crippen molar-refractivity contribution in [1.82, 2.24) is 9.88 Å². The van der Waals surface area contributed by atoms with Gasteiger partial charge in [-0.05, 0) is 59.2 Å². The zero-order chi connectivity index (χ0) is 32.0. The van der Waals surface area contributed by atoms with Crippen molar-refractivity contribution in [1.29, 1.82) is 0 Å². The van der Waals surface area contributed by atoms with Crippen molar-refractivity contribution in [3.63, 3.8) is 0 Å². The molecule has 0 bridgehead atoms. The monoisotopic (exact) mass is 617 g/mol. The number of ether oxygens (including phenoxy) is 1. The quantitative estimate of drug-likeness (QED) is 0.164. The molecule has 5 rings (SSSR count). The summed E-state index contributed by atoms with van der Waals surface area (Å²) in [4.78, 5) is 43.3. The van der Waals surface area contributed by atoms with Crippen LogP contribution in [0.2, 0.25) is 0 Å². The molecule has 0 amide bonds. The van der Waals surface area contributed by atoms with Crippen molar-refractivity contribution in [2.75, 3.05) is 24.5 Å². The van der Waals surface area contributed by atoms with Gasteiger partial charge >= 0.3 is 18.1 Å². The lowest BCUT2D eigenvalue weighted by molar-refractivity contribution is -0.193. The smallest absolute Gasteiger partial charge is 0.382 e. The average Bonchev–Trinajstić information content (AvgIpc) is 3.50. The number of anilines is 1. The molecule has 4 aromatic rings. The fourth-order valence-corrected chi connectivity index (χ4v) is 5.75. The highest BCUT2D eigenvalue weighted by Crippen LogP contribution is 2.29. The highest BCUT2D eigenvalue weighted by Gasteiger charge is 2.43. The van der Waals surface area contributed by atoms with E-state index in [2.05, 4.69) is 68.1 Å². The molecule has 1 aromatic heterocycles. The summed E-state index contributed by atoms with van der Waals surface area (Å²) < 4.78 is 41.4. The molecule has 1 atom stereocenters. The molecule has 10 heteroatoms. The highest BCUT2D eigenvalue weighted by molar-refractivity contribution is 5.98. The van der Waals surface area contributed by atoms with Crippen LogP contribution >= 0.6 is 0 Å². The fourth-order valence-electron chi connectivity index (χ4n) is 5.75. The van der Waals surface area contributed by atoms with Gasteiger partial charge in [-0.15, -0.1) is 0 Å². The molecular weight excluding hydrogens is 583 g/mol. The Balaban J connectivity index is 1.26. The standard InChI is InChI=1S/C35H34F3N3O4/c1-2-27-19-30(33(43)45-34(44)35(36,37)38)32(42)39-31(27)28-13-15-29(16-14-28)41-18-17-26(23-41)22-40(20-24-9-5-3-6-10-24)21-25-11-7-4-8-12-25/h3-16,19,26H,2,17-18,20-23H2,1H3,(H,39,42). The number of carbonyl (C=O) groups is 2. The number of aryl methyl sites for hydroxylation is 1. The van der Waals surface area contributed by atoms with E-state index in [0.717, 1.165) is 44.8 Å². The predicted molar refractivity (Wildman–Crippen MR) is 166 cm³/mol. The summed E-state index contributed by atoms with van der Waals surface area (Å²) in [5.41, 5.74) is 3.66. The Kier molecular flexibility index (Phi) is 9.83. The van der Waals surface area contributed by atoms with Gasteiger partial charge in [0.2, 0.25) is 0 Å². The number of aromatic nitrogens is 1. The minimum Gasteiger partial charge on any atom is -0.382 e. The zero-order valence-corrected chi connectivity index (χ0v) is 24.8. The molecule has 1 saturated heterocycles. The lowest BCUT2D eigenvalue weighted by Gasteiger charge is -2.26. The van der Waals surface area contributed by atoms with E-state index in [1.54, 1.807) is 6.92 Å². The van der Waals surface area contributed by atoms with E-state index in [1.165, 1.54) is 17.2 Å². The number of hydrogen-bond donors (Lipinski definition) is 1. The van der Waals surface area contributed by atoms with Gasteiger partial charge in [-0.3, -0.25) is 9.69 Å². The summed E-state index contributed by atoms with van der Waals surface area (Å²) in [6, 6.07) is 29.8. The normalized spacial score (nSPS) is 15.0. The number of hydrogen-bond acceptors (Lipinski definition) is 6. The molecule has 1 fully saturated rings. The van der Waals surface area contributed by atoms with Gasteiger partial charge in [0, 0.05) is 38.4 Å². The third kappa shape index (κ3) is 8.07. The lowest BCUT2D eigenvalue weighted by atomic mass is 10.0. The molecular formula is C35H34F3N3O4. The van der Waals surface area contributed by atoms with E-state index in [9.17, 15) is 27.6 Å². The van der Waals surface area contributed by atoms with E-state index < -0.39 is 29.2 Å². The lowest BCUT2D eigenvalue weighted by Crippen LogP contribution is -2.30. The Morgan fingerprint density at radius 3 is 2.09 bits per heavy atom. The van der Waals surface area contributed by atoms with Crippen LogP contribution in [0.25, 0.3) is 11.3 Å². The van der Waals surface area contributed by atoms with Crippen LogP contribution in [0.4, 0.5) is 18.9 Å². The Bertz CT molecular complexity index is 1630. The fraction of sp³-hybridized carbons (Fsp3) is 0.286. The van der Waals surface area contributed by atoms with E-state index in [0.29, 0.717) is 29.2 Å². The maximum absolute atomic E-state index is 12.6. The second kappa shape index (κ2) is 13.9. The number of H-pyrrole nitrogens is 1. The number of nitrogens with zero attached hydrogens (tertiary/aromatic N) is 2. The predicted octanol–water partition coefficient (Wildman–Crippen LogP) is 6.38. The van der Waals surface area contributed by atoms with Crippen molar-refractivity contribution in [2.24, 2.45) is 5.92 Å². The molecule has 0 saturated carbocycles. The van der Waals surface area contributed by atoms with Crippen LogP contribution in [-0.2, 0) is 29.0 Å². The second-order valence-electron chi connectivity index (χ2n) is 11.2. The number of benzene rings is 3. The van der Waals surface area contributed by atoms with Gasteiger partial charge in [0.1, 0.15) is 5.56 Å². The van der Waals surface area contributed by atoms with Crippen LogP contribution in [0.5, 0.6) is 0 Å². The van der Waals surface area contributed by atoms with Crippen molar-refractivity contribution < 1.29 is 27.5 Å².